The van der Waals surface area contributed by atoms with Crippen LogP contribution in [0.15, 0.2) is 0 Å². The van der Waals surface area contributed by atoms with E-state index in [-0.39, 0.29) is 6.09 Å². The molecule has 0 fully saturated rings. The Kier molecular flexibility index (Phi) is 3.75. The number of aromatic nitrogens is 3. The first-order valence-electron chi connectivity index (χ1n) is 6.49. The highest BCUT2D eigenvalue weighted by atomic mass is 16.6. The van der Waals surface area contributed by atoms with Crippen molar-refractivity contribution in [3.05, 3.63) is 11.6 Å². The van der Waals surface area contributed by atoms with Gasteiger partial charge in [0, 0.05) is 13.1 Å². The molecule has 0 bridgehead atoms. The maximum Gasteiger partial charge on any atom is 0.410 e. The molecule has 0 aromatic carbocycles. The first kappa shape index (κ1) is 13.8. The highest BCUT2D eigenvalue weighted by molar-refractivity contribution is 5.68. The summed E-state index contributed by atoms with van der Waals surface area (Å²) in [4.78, 5) is 13.7. The van der Waals surface area contributed by atoms with Crippen molar-refractivity contribution >= 4 is 6.09 Å². The number of ether oxygens (including phenoxy) is 1. The molecule has 19 heavy (non-hydrogen) atoms. The Morgan fingerprint density at radius 3 is 2.74 bits per heavy atom. The summed E-state index contributed by atoms with van der Waals surface area (Å²) in [6, 6.07) is 0. The van der Waals surface area contributed by atoms with E-state index in [9.17, 15) is 4.79 Å². The van der Waals surface area contributed by atoms with E-state index in [0.29, 0.717) is 19.6 Å². The minimum absolute atomic E-state index is 0.307. The summed E-state index contributed by atoms with van der Waals surface area (Å²) in [6.07, 6.45) is 0.537. The molecule has 2 rings (SSSR count). The molecule has 0 aliphatic carbocycles. The first-order valence-corrected chi connectivity index (χ1v) is 6.49. The first-order chi connectivity index (χ1) is 8.90. The Balaban J connectivity index is 2.11. The fourth-order valence-electron chi connectivity index (χ4n) is 2.05. The van der Waals surface area contributed by atoms with Crippen molar-refractivity contribution in [3.63, 3.8) is 0 Å². The van der Waals surface area contributed by atoms with Crippen molar-refractivity contribution in [1.82, 2.24) is 19.7 Å². The molecule has 0 atom stereocenters. The Bertz CT molecular complexity index is 463. The molecule has 0 saturated heterocycles. The lowest BCUT2D eigenvalue weighted by atomic mass is 10.2. The highest BCUT2D eigenvalue weighted by Gasteiger charge is 2.26. The number of hydrogen-bond acceptors (Lipinski definition) is 5. The van der Waals surface area contributed by atoms with Crippen LogP contribution in [0.4, 0.5) is 4.79 Å². The van der Waals surface area contributed by atoms with Crippen LogP contribution in [0.1, 0.15) is 38.8 Å². The normalized spacial score (nSPS) is 15.9. The van der Waals surface area contributed by atoms with Crippen molar-refractivity contribution < 1.29 is 9.53 Å². The third-order valence-corrected chi connectivity index (χ3v) is 2.88. The largest absolute Gasteiger partial charge is 0.444 e. The van der Waals surface area contributed by atoms with Crippen LogP contribution >= 0.6 is 0 Å². The average molecular weight is 267 g/mol. The van der Waals surface area contributed by atoms with E-state index < -0.39 is 5.60 Å². The van der Waals surface area contributed by atoms with Gasteiger partial charge in [0.15, 0.2) is 5.82 Å². The SMILES string of the molecule is CC(C)(C)OC(=O)N1CCCn2c(CN)nnc2C1. The molecule has 1 aromatic heterocycles. The van der Waals surface area contributed by atoms with Gasteiger partial charge in [0.05, 0.1) is 13.1 Å². The Morgan fingerprint density at radius 1 is 1.37 bits per heavy atom. The molecule has 7 heteroatoms. The molecule has 0 unspecified atom stereocenters. The van der Waals surface area contributed by atoms with Crippen LogP contribution in [-0.2, 0) is 24.4 Å². The van der Waals surface area contributed by atoms with E-state index in [1.807, 2.05) is 25.3 Å². The zero-order valence-electron chi connectivity index (χ0n) is 11.7. The zero-order valence-corrected chi connectivity index (χ0v) is 11.7. The summed E-state index contributed by atoms with van der Waals surface area (Å²) in [5.41, 5.74) is 5.13. The number of hydrogen-bond donors (Lipinski definition) is 1. The lowest BCUT2D eigenvalue weighted by Crippen LogP contribution is -2.36. The second-order valence-electron chi connectivity index (χ2n) is 5.64. The molecule has 106 valence electrons. The van der Waals surface area contributed by atoms with Gasteiger partial charge < -0.3 is 19.9 Å². The monoisotopic (exact) mass is 267 g/mol. The van der Waals surface area contributed by atoms with Crippen molar-refractivity contribution in [2.45, 2.75) is 52.4 Å². The quantitative estimate of drug-likeness (QED) is 0.816. The summed E-state index contributed by atoms with van der Waals surface area (Å²) in [7, 11) is 0. The number of carbonyl (C=O) groups is 1. The number of carbonyl (C=O) groups excluding carboxylic acids is 1. The summed E-state index contributed by atoms with van der Waals surface area (Å²) >= 11 is 0. The van der Waals surface area contributed by atoms with Crippen molar-refractivity contribution in [3.8, 4) is 0 Å². The number of fused-ring (bicyclic) bond motifs is 1. The van der Waals surface area contributed by atoms with Crippen LogP contribution in [-0.4, -0.2) is 37.9 Å². The third kappa shape index (κ3) is 3.23. The van der Waals surface area contributed by atoms with Gasteiger partial charge in [0.1, 0.15) is 11.4 Å². The van der Waals surface area contributed by atoms with Crippen molar-refractivity contribution in [2.24, 2.45) is 5.73 Å². The standard InChI is InChI=1S/C12H21N5O2/c1-12(2,3)19-11(18)16-5-4-6-17-9(7-13)14-15-10(17)8-16/h4-8,13H2,1-3H3. The minimum atomic E-state index is -0.487. The summed E-state index contributed by atoms with van der Waals surface area (Å²) in [5, 5.41) is 8.14. The Labute approximate surface area is 112 Å². The molecule has 1 aliphatic rings. The van der Waals surface area contributed by atoms with E-state index in [1.54, 1.807) is 4.90 Å². The molecular weight excluding hydrogens is 246 g/mol. The molecule has 1 aromatic rings. The molecular formula is C12H21N5O2. The minimum Gasteiger partial charge on any atom is -0.444 e. The van der Waals surface area contributed by atoms with E-state index >= 15 is 0 Å². The van der Waals surface area contributed by atoms with Crippen molar-refractivity contribution in [2.75, 3.05) is 6.54 Å². The lowest BCUT2D eigenvalue weighted by Gasteiger charge is -2.25. The lowest BCUT2D eigenvalue weighted by molar-refractivity contribution is 0.0234. The van der Waals surface area contributed by atoms with Crippen LogP contribution in [0.3, 0.4) is 0 Å². The smallest absolute Gasteiger partial charge is 0.410 e. The second kappa shape index (κ2) is 5.16. The van der Waals surface area contributed by atoms with Crippen LogP contribution < -0.4 is 5.73 Å². The topological polar surface area (TPSA) is 86.3 Å². The predicted octanol–water partition coefficient (Wildman–Crippen LogP) is 0.878. The second-order valence-corrected chi connectivity index (χ2v) is 5.64. The van der Waals surface area contributed by atoms with Gasteiger partial charge in [-0.05, 0) is 27.2 Å². The number of amides is 1. The summed E-state index contributed by atoms with van der Waals surface area (Å²) < 4.78 is 7.38. The summed E-state index contributed by atoms with van der Waals surface area (Å²) in [6.45, 7) is 7.80. The maximum atomic E-state index is 12.1. The molecule has 7 nitrogen and oxygen atoms in total. The van der Waals surface area contributed by atoms with Gasteiger partial charge in [0.2, 0.25) is 0 Å². The maximum absolute atomic E-state index is 12.1. The van der Waals surface area contributed by atoms with E-state index in [2.05, 4.69) is 10.2 Å². The molecule has 0 saturated carbocycles. The Hall–Kier alpha value is -1.63. The zero-order chi connectivity index (χ0) is 14.0. The van der Waals surface area contributed by atoms with Gasteiger partial charge in [-0.3, -0.25) is 0 Å². The molecule has 2 N–H and O–H groups in total. The van der Waals surface area contributed by atoms with Gasteiger partial charge in [-0.2, -0.15) is 0 Å². The predicted molar refractivity (Wildman–Crippen MR) is 69.2 cm³/mol. The molecule has 1 amide bonds. The van der Waals surface area contributed by atoms with E-state index in [1.165, 1.54) is 0 Å². The van der Waals surface area contributed by atoms with E-state index in [4.69, 9.17) is 10.5 Å². The van der Waals surface area contributed by atoms with Gasteiger partial charge in [0.25, 0.3) is 0 Å². The molecule has 2 heterocycles. The Morgan fingerprint density at radius 2 is 2.11 bits per heavy atom. The molecule has 1 aliphatic heterocycles. The number of rotatable bonds is 1. The number of nitrogens with zero attached hydrogens (tertiary/aromatic N) is 4. The fraction of sp³-hybridized carbons (Fsp3) is 0.750. The van der Waals surface area contributed by atoms with Crippen LogP contribution in [0.5, 0.6) is 0 Å². The van der Waals surface area contributed by atoms with Gasteiger partial charge >= 0.3 is 6.09 Å². The van der Waals surface area contributed by atoms with Gasteiger partial charge in [-0.1, -0.05) is 0 Å². The third-order valence-electron chi connectivity index (χ3n) is 2.88. The summed E-state index contributed by atoms with van der Waals surface area (Å²) in [5.74, 6) is 1.53. The molecule has 0 radical (unpaired) electrons. The average Bonchev–Trinajstić information content (AvgIpc) is 2.55. The van der Waals surface area contributed by atoms with Crippen LogP contribution in [0.25, 0.3) is 0 Å². The van der Waals surface area contributed by atoms with Gasteiger partial charge in [-0.25, -0.2) is 4.79 Å². The van der Waals surface area contributed by atoms with Crippen LogP contribution in [0, 0.1) is 0 Å². The van der Waals surface area contributed by atoms with Gasteiger partial charge in [-0.15, -0.1) is 10.2 Å². The van der Waals surface area contributed by atoms with Crippen molar-refractivity contribution in [1.29, 1.82) is 0 Å². The fourth-order valence-corrected chi connectivity index (χ4v) is 2.05. The van der Waals surface area contributed by atoms with E-state index in [0.717, 1.165) is 24.6 Å². The molecule has 0 spiro atoms. The van der Waals surface area contributed by atoms with Crippen LogP contribution in [0.2, 0.25) is 0 Å². The number of nitrogens with two attached hydrogens (primary N) is 1. The highest BCUT2D eigenvalue weighted by Crippen LogP contribution is 2.16.